The fourth-order valence-electron chi connectivity index (χ4n) is 2.69. The van der Waals surface area contributed by atoms with Crippen LogP contribution in [0.1, 0.15) is 50.6 Å². The van der Waals surface area contributed by atoms with E-state index in [2.05, 4.69) is 56.2 Å². The van der Waals surface area contributed by atoms with E-state index in [4.69, 9.17) is 0 Å². The second-order valence-corrected chi connectivity index (χ2v) is 7.32. The monoisotopic (exact) mass is 389 g/mol. The van der Waals surface area contributed by atoms with Crippen LogP contribution in [0.25, 0.3) is 0 Å². The molecule has 4 heteroatoms. The molecule has 0 amide bonds. The molecule has 1 aliphatic rings. The van der Waals surface area contributed by atoms with Gasteiger partial charge in [0.15, 0.2) is 0 Å². The van der Waals surface area contributed by atoms with Gasteiger partial charge < -0.3 is 10.4 Å². The van der Waals surface area contributed by atoms with Gasteiger partial charge in [0.1, 0.15) is 0 Å². The zero-order valence-corrected chi connectivity index (χ0v) is 14.4. The average Bonchev–Trinajstić information content (AvgIpc) is 2.37. The van der Waals surface area contributed by atoms with Crippen LogP contribution in [0.4, 0.5) is 0 Å². The van der Waals surface area contributed by atoms with Gasteiger partial charge in [0.2, 0.25) is 0 Å². The van der Waals surface area contributed by atoms with Gasteiger partial charge in [-0.1, -0.05) is 57.2 Å². The van der Waals surface area contributed by atoms with Crippen molar-refractivity contribution in [3.63, 3.8) is 0 Å². The van der Waals surface area contributed by atoms with Crippen LogP contribution in [0.3, 0.4) is 0 Å². The Morgan fingerprint density at radius 1 is 1.26 bits per heavy atom. The molecule has 0 bridgehead atoms. The Hall–Kier alpha value is 0.1000. The van der Waals surface area contributed by atoms with Gasteiger partial charge in [0.25, 0.3) is 0 Å². The van der Waals surface area contributed by atoms with Crippen LogP contribution in [0.2, 0.25) is 0 Å². The summed E-state index contributed by atoms with van der Waals surface area (Å²) in [5.41, 5.74) is 0.719. The minimum absolute atomic E-state index is 0.230. The lowest BCUT2D eigenvalue weighted by Crippen LogP contribution is -2.42. The minimum atomic E-state index is -0.506. The third-order valence-corrected chi connectivity index (χ3v) is 5.13. The zero-order chi connectivity index (χ0) is 13.9. The molecule has 19 heavy (non-hydrogen) atoms. The number of aliphatic hydroxyl groups is 1. The summed E-state index contributed by atoms with van der Waals surface area (Å²) in [6.45, 7) is 2.82. The lowest BCUT2D eigenvalue weighted by Gasteiger charge is -2.33. The Morgan fingerprint density at radius 2 is 1.95 bits per heavy atom. The van der Waals surface area contributed by atoms with Crippen molar-refractivity contribution in [2.75, 3.05) is 6.54 Å². The molecule has 2 N–H and O–H groups in total. The highest BCUT2D eigenvalue weighted by molar-refractivity contribution is 9.11. The van der Waals surface area contributed by atoms with Crippen molar-refractivity contribution in [2.45, 2.75) is 50.7 Å². The largest absolute Gasteiger partial charge is 0.389 e. The number of rotatable bonds is 4. The lowest BCUT2D eigenvalue weighted by molar-refractivity contribution is 0.00299. The molecular formula is C15H21Br2NO. The summed E-state index contributed by atoms with van der Waals surface area (Å²) in [4.78, 5) is 0. The van der Waals surface area contributed by atoms with Crippen molar-refractivity contribution in [1.29, 1.82) is 0 Å². The highest BCUT2D eigenvalue weighted by atomic mass is 79.9. The number of hydrogen-bond donors (Lipinski definition) is 2. The van der Waals surface area contributed by atoms with Crippen LogP contribution in [0.15, 0.2) is 27.1 Å². The Bertz CT molecular complexity index is 430. The van der Waals surface area contributed by atoms with Gasteiger partial charge >= 0.3 is 0 Å². The van der Waals surface area contributed by atoms with Crippen LogP contribution in [0, 0.1) is 0 Å². The molecule has 1 fully saturated rings. The van der Waals surface area contributed by atoms with Gasteiger partial charge in [0, 0.05) is 21.5 Å². The Morgan fingerprint density at radius 3 is 2.58 bits per heavy atom. The minimum Gasteiger partial charge on any atom is -0.389 e. The fourth-order valence-corrected chi connectivity index (χ4v) is 4.08. The van der Waals surface area contributed by atoms with E-state index in [1.54, 1.807) is 0 Å². The first kappa shape index (κ1) is 15.5. The molecular weight excluding hydrogens is 370 g/mol. The molecule has 0 saturated heterocycles. The number of hydrogen-bond acceptors (Lipinski definition) is 2. The summed E-state index contributed by atoms with van der Waals surface area (Å²) < 4.78 is 2.17. The molecule has 0 radical (unpaired) electrons. The topological polar surface area (TPSA) is 32.3 Å². The maximum Gasteiger partial charge on any atom is 0.0771 e. The predicted octanol–water partition coefficient (Wildman–Crippen LogP) is 4.56. The third kappa shape index (κ3) is 4.28. The quantitative estimate of drug-likeness (QED) is 0.789. The van der Waals surface area contributed by atoms with Crippen molar-refractivity contribution in [3.05, 3.63) is 32.7 Å². The average molecular weight is 391 g/mol. The Balaban J connectivity index is 1.95. The third-order valence-electron chi connectivity index (χ3n) is 3.95. The van der Waals surface area contributed by atoms with Gasteiger partial charge in [-0.2, -0.15) is 0 Å². The molecule has 1 aromatic rings. The van der Waals surface area contributed by atoms with E-state index in [0.29, 0.717) is 6.54 Å². The SMILES string of the molecule is CC(NCC1(O)CCCCC1)c1ccc(Br)cc1Br. The molecule has 1 unspecified atom stereocenters. The van der Waals surface area contributed by atoms with Crippen LogP contribution >= 0.6 is 31.9 Å². The van der Waals surface area contributed by atoms with Crippen molar-refractivity contribution in [2.24, 2.45) is 0 Å². The van der Waals surface area contributed by atoms with Crippen LogP contribution in [-0.4, -0.2) is 17.3 Å². The summed E-state index contributed by atoms with van der Waals surface area (Å²) in [5, 5.41) is 14.0. The molecule has 1 saturated carbocycles. The van der Waals surface area contributed by atoms with E-state index in [-0.39, 0.29) is 6.04 Å². The molecule has 2 nitrogen and oxygen atoms in total. The highest BCUT2D eigenvalue weighted by Gasteiger charge is 2.29. The standard InChI is InChI=1S/C15H21Br2NO/c1-11(13-6-5-12(16)9-14(13)17)18-10-15(19)7-3-2-4-8-15/h5-6,9,11,18-19H,2-4,7-8,10H2,1H3. The maximum atomic E-state index is 10.5. The summed E-state index contributed by atoms with van der Waals surface area (Å²) in [6, 6.07) is 6.45. The second-order valence-electron chi connectivity index (χ2n) is 5.55. The van der Waals surface area contributed by atoms with Gasteiger partial charge in [0.05, 0.1) is 5.60 Å². The molecule has 1 aromatic carbocycles. The number of benzene rings is 1. The Kier molecular flexibility index (Phi) is 5.46. The molecule has 1 aliphatic carbocycles. The zero-order valence-electron chi connectivity index (χ0n) is 11.3. The normalized spacial score (nSPS) is 20.2. The van der Waals surface area contributed by atoms with E-state index in [1.165, 1.54) is 12.0 Å². The van der Waals surface area contributed by atoms with E-state index in [0.717, 1.165) is 34.6 Å². The van der Waals surface area contributed by atoms with Gasteiger partial charge in [-0.25, -0.2) is 0 Å². The summed E-state index contributed by atoms with van der Waals surface area (Å²) in [6.07, 6.45) is 5.40. The van der Waals surface area contributed by atoms with E-state index >= 15 is 0 Å². The van der Waals surface area contributed by atoms with Crippen LogP contribution in [0.5, 0.6) is 0 Å². The summed E-state index contributed by atoms with van der Waals surface area (Å²) in [7, 11) is 0. The lowest BCUT2D eigenvalue weighted by atomic mass is 9.84. The molecule has 2 rings (SSSR count). The predicted molar refractivity (Wildman–Crippen MR) is 86.3 cm³/mol. The molecule has 0 aromatic heterocycles. The first-order chi connectivity index (χ1) is 9.00. The number of halogens is 2. The van der Waals surface area contributed by atoms with Gasteiger partial charge in [-0.15, -0.1) is 0 Å². The highest BCUT2D eigenvalue weighted by Crippen LogP contribution is 2.30. The molecule has 1 atom stereocenters. The molecule has 106 valence electrons. The maximum absolute atomic E-state index is 10.5. The van der Waals surface area contributed by atoms with Crippen LogP contribution in [-0.2, 0) is 0 Å². The summed E-state index contributed by atoms with van der Waals surface area (Å²) >= 11 is 7.06. The van der Waals surface area contributed by atoms with Crippen molar-refractivity contribution in [3.8, 4) is 0 Å². The smallest absolute Gasteiger partial charge is 0.0771 e. The van der Waals surface area contributed by atoms with E-state index in [9.17, 15) is 5.11 Å². The number of nitrogens with one attached hydrogen (secondary N) is 1. The van der Waals surface area contributed by atoms with Gasteiger partial charge in [-0.05, 0) is 37.5 Å². The Labute approximate surface area is 132 Å². The van der Waals surface area contributed by atoms with E-state index in [1.807, 2.05) is 6.07 Å². The second kappa shape index (κ2) is 6.70. The summed E-state index contributed by atoms with van der Waals surface area (Å²) in [5.74, 6) is 0. The van der Waals surface area contributed by atoms with Crippen LogP contribution < -0.4 is 5.32 Å². The van der Waals surface area contributed by atoms with E-state index < -0.39 is 5.60 Å². The van der Waals surface area contributed by atoms with Crippen molar-refractivity contribution in [1.82, 2.24) is 5.32 Å². The molecule has 0 aliphatic heterocycles. The molecule has 0 heterocycles. The van der Waals surface area contributed by atoms with Gasteiger partial charge in [-0.3, -0.25) is 0 Å². The first-order valence-corrected chi connectivity index (χ1v) is 8.49. The molecule has 0 spiro atoms. The fraction of sp³-hybridized carbons (Fsp3) is 0.600. The van der Waals surface area contributed by atoms with Crippen molar-refractivity contribution >= 4 is 31.9 Å². The van der Waals surface area contributed by atoms with Crippen molar-refractivity contribution < 1.29 is 5.11 Å². The first-order valence-electron chi connectivity index (χ1n) is 6.91.